The van der Waals surface area contributed by atoms with Gasteiger partial charge in [0, 0.05) is 29.7 Å². The summed E-state index contributed by atoms with van der Waals surface area (Å²) in [6.07, 6.45) is 3.44. The number of aromatic nitrogens is 1. The van der Waals surface area contributed by atoms with Crippen LogP contribution in [0.5, 0.6) is 11.5 Å². The maximum absolute atomic E-state index is 13.1. The number of carbonyl (C=O) groups excluding carboxylic acids is 1. The van der Waals surface area contributed by atoms with Crippen molar-refractivity contribution in [3.8, 4) is 22.6 Å². The fourth-order valence-corrected chi connectivity index (χ4v) is 3.26. The van der Waals surface area contributed by atoms with Crippen molar-refractivity contribution in [3.63, 3.8) is 0 Å². The fourth-order valence-electron chi connectivity index (χ4n) is 3.26. The molecule has 4 rings (SSSR count). The zero-order valence-electron chi connectivity index (χ0n) is 17.1. The van der Waals surface area contributed by atoms with Gasteiger partial charge < -0.3 is 14.8 Å². The summed E-state index contributed by atoms with van der Waals surface area (Å²) in [4.78, 5) is 17.1. The zero-order chi connectivity index (χ0) is 21.5. The van der Waals surface area contributed by atoms with Gasteiger partial charge in [0.2, 0.25) is 0 Å². The number of anilines is 1. The van der Waals surface area contributed by atoms with E-state index in [9.17, 15) is 4.79 Å². The minimum atomic E-state index is -0.190. The van der Waals surface area contributed by atoms with Crippen molar-refractivity contribution in [3.05, 3.63) is 108 Å². The molecule has 0 radical (unpaired) electrons. The number of methoxy groups -OCH3 is 1. The average Bonchev–Trinajstić information content (AvgIpc) is 2.84. The van der Waals surface area contributed by atoms with E-state index in [1.807, 2.05) is 66.7 Å². The number of hydrogen-bond acceptors (Lipinski definition) is 4. The number of nitrogens with zero attached hydrogens (tertiary/aromatic N) is 1. The van der Waals surface area contributed by atoms with Crippen molar-refractivity contribution in [2.75, 3.05) is 12.4 Å². The first-order chi connectivity index (χ1) is 15.2. The Kier molecular flexibility index (Phi) is 6.24. The first-order valence-corrected chi connectivity index (χ1v) is 9.90. The maximum atomic E-state index is 13.1. The molecule has 3 aromatic carbocycles. The van der Waals surface area contributed by atoms with Crippen molar-refractivity contribution in [2.24, 2.45) is 0 Å². The molecule has 0 saturated heterocycles. The summed E-state index contributed by atoms with van der Waals surface area (Å²) in [6, 6.07) is 26.5. The van der Waals surface area contributed by atoms with E-state index in [0.29, 0.717) is 29.4 Å². The predicted molar refractivity (Wildman–Crippen MR) is 121 cm³/mol. The number of nitrogens with one attached hydrogen (secondary N) is 1. The average molecular weight is 410 g/mol. The Morgan fingerprint density at radius 1 is 0.871 bits per heavy atom. The Hall–Kier alpha value is -4.12. The molecule has 0 aliphatic heterocycles. The van der Waals surface area contributed by atoms with E-state index >= 15 is 0 Å². The van der Waals surface area contributed by atoms with Crippen LogP contribution in [-0.4, -0.2) is 18.0 Å². The fraction of sp³-hybridized carbons (Fsp3) is 0.0769. The Bertz CT molecular complexity index is 1160. The third-order valence-corrected chi connectivity index (χ3v) is 4.82. The SMILES string of the molecule is COc1ccc(NC(=O)c2ccccc2-c2ccccc2)cc1OCc1ccncc1. The number of ether oxygens (including phenoxy) is 2. The van der Waals surface area contributed by atoms with E-state index in [2.05, 4.69) is 10.3 Å². The summed E-state index contributed by atoms with van der Waals surface area (Å²) in [5.74, 6) is 0.954. The normalized spacial score (nSPS) is 10.4. The molecule has 1 aromatic heterocycles. The van der Waals surface area contributed by atoms with Gasteiger partial charge in [0.05, 0.1) is 7.11 Å². The maximum Gasteiger partial charge on any atom is 0.256 e. The quantitative estimate of drug-likeness (QED) is 0.432. The topological polar surface area (TPSA) is 60.5 Å². The lowest BCUT2D eigenvalue weighted by Crippen LogP contribution is -2.13. The number of pyridine rings is 1. The molecule has 0 atom stereocenters. The van der Waals surface area contributed by atoms with Gasteiger partial charge in [-0.3, -0.25) is 9.78 Å². The van der Waals surface area contributed by atoms with Crippen LogP contribution in [0.4, 0.5) is 5.69 Å². The van der Waals surface area contributed by atoms with E-state index in [1.54, 1.807) is 37.7 Å². The Morgan fingerprint density at radius 2 is 1.61 bits per heavy atom. The zero-order valence-corrected chi connectivity index (χ0v) is 17.1. The Labute approximate surface area is 181 Å². The van der Waals surface area contributed by atoms with Gasteiger partial charge in [0.15, 0.2) is 11.5 Å². The highest BCUT2D eigenvalue weighted by Crippen LogP contribution is 2.32. The van der Waals surface area contributed by atoms with Crippen LogP contribution < -0.4 is 14.8 Å². The molecule has 5 heteroatoms. The summed E-state index contributed by atoms with van der Waals surface area (Å²) < 4.78 is 11.3. The van der Waals surface area contributed by atoms with Crippen molar-refractivity contribution < 1.29 is 14.3 Å². The Morgan fingerprint density at radius 3 is 2.39 bits per heavy atom. The third kappa shape index (κ3) is 4.90. The lowest BCUT2D eigenvalue weighted by atomic mass is 9.99. The summed E-state index contributed by atoms with van der Waals surface area (Å²) >= 11 is 0. The molecular formula is C26H22N2O3. The monoisotopic (exact) mass is 410 g/mol. The summed E-state index contributed by atoms with van der Waals surface area (Å²) in [7, 11) is 1.59. The molecular weight excluding hydrogens is 388 g/mol. The molecule has 0 bridgehead atoms. The van der Waals surface area contributed by atoms with Crippen LogP contribution in [0.1, 0.15) is 15.9 Å². The minimum absolute atomic E-state index is 0.190. The van der Waals surface area contributed by atoms with Crippen LogP contribution in [0.15, 0.2) is 97.3 Å². The van der Waals surface area contributed by atoms with Crippen molar-refractivity contribution in [1.82, 2.24) is 4.98 Å². The number of rotatable bonds is 7. The second-order valence-corrected chi connectivity index (χ2v) is 6.88. The third-order valence-electron chi connectivity index (χ3n) is 4.82. The molecule has 31 heavy (non-hydrogen) atoms. The number of benzene rings is 3. The van der Waals surface area contributed by atoms with Gasteiger partial charge in [-0.05, 0) is 47.0 Å². The predicted octanol–water partition coefficient (Wildman–Crippen LogP) is 5.59. The molecule has 0 unspecified atom stereocenters. The smallest absolute Gasteiger partial charge is 0.256 e. The van der Waals surface area contributed by atoms with Crippen LogP contribution in [-0.2, 0) is 6.61 Å². The Balaban J connectivity index is 1.55. The van der Waals surface area contributed by atoms with E-state index in [0.717, 1.165) is 16.7 Å². The number of carbonyl (C=O) groups is 1. The molecule has 5 nitrogen and oxygen atoms in total. The van der Waals surface area contributed by atoms with Gasteiger partial charge in [-0.15, -0.1) is 0 Å². The van der Waals surface area contributed by atoms with Crippen molar-refractivity contribution in [2.45, 2.75) is 6.61 Å². The number of amides is 1. The summed E-state index contributed by atoms with van der Waals surface area (Å²) in [5, 5.41) is 2.97. The largest absolute Gasteiger partial charge is 0.493 e. The molecule has 0 saturated carbocycles. The number of hydrogen-bond donors (Lipinski definition) is 1. The van der Waals surface area contributed by atoms with E-state index in [-0.39, 0.29) is 5.91 Å². The van der Waals surface area contributed by atoms with Gasteiger partial charge in [-0.25, -0.2) is 0 Å². The first-order valence-electron chi connectivity index (χ1n) is 9.90. The lowest BCUT2D eigenvalue weighted by molar-refractivity contribution is 0.102. The van der Waals surface area contributed by atoms with Crippen molar-refractivity contribution >= 4 is 11.6 Å². The lowest BCUT2D eigenvalue weighted by Gasteiger charge is -2.14. The van der Waals surface area contributed by atoms with E-state index < -0.39 is 0 Å². The first kappa shape index (κ1) is 20.2. The van der Waals surface area contributed by atoms with Crippen LogP contribution in [0.2, 0.25) is 0 Å². The van der Waals surface area contributed by atoms with Crippen LogP contribution in [0, 0.1) is 0 Å². The van der Waals surface area contributed by atoms with E-state index in [4.69, 9.17) is 9.47 Å². The standard InChI is InChI=1S/C26H22N2O3/c1-30-24-12-11-21(17-25(24)31-18-19-13-15-27-16-14-19)28-26(29)23-10-6-5-9-22(23)20-7-3-2-4-8-20/h2-17H,18H2,1H3,(H,28,29). The molecule has 0 spiro atoms. The molecule has 154 valence electrons. The molecule has 0 aliphatic rings. The van der Waals surface area contributed by atoms with E-state index in [1.165, 1.54) is 0 Å². The van der Waals surface area contributed by atoms with Gasteiger partial charge in [0.25, 0.3) is 5.91 Å². The minimum Gasteiger partial charge on any atom is -0.493 e. The highest BCUT2D eigenvalue weighted by molar-refractivity contribution is 6.08. The second-order valence-electron chi connectivity index (χ2n) is 6.88. The molecule has 0 aliphatic carbocycles. The molecule has 0 fully saturated rings. The van der Waals surface area contributed by atoms with Gasteiger partial charge in [-0.2, -0.15) is 0 Å². The van der Waals surface area contributed by atoms with Crippen molar-refractivity contribution in [1.29, 1.82) is 0 Å². The molecule has 4 aromatic rings. The van der Waals surface area contributed by atoms with Crippen LogP contribution in [0.3, 0.4) is 0 Å². The van der Waals surface area contributed by atoms with Crippen LogP contribution in [0.25, 0.3) is 11.1 Å². The van der Waals surface area contributed by atoms with Gasteiger partial charge in [0.1, 0.15) is 6.61 Å². The summed E-state index contributed by atoms with van der Waals surface area (Å²) in [5.41, 5.74) is 4.08. The highest BCUT2D eigenvalue weighted by Gasteiger charge is 2.14. The highest BCUT2D eigenvalue weighted by atomic mass is 16.5. The molecule has 1 N–H and O–H groups in total. The summed E-state index contributed by atoms with van der Waals surface area (Å²) in [6.45, 7) is 0.368. The van der Waals surface area contributed by atoms with Gasteiger partial charge >= 0.3 is 0 Å². The molecule has 1 heterocycles. The second kappa shape index (κ2) is 9.59. The molecule has 1 amide bonds. The van der Waals surface area contributed by atoms with Gasteiger partial charge in [-0.1, -0.05) is 48.5 Å². The van der Waals surface area contributed by atoms with Crippen LogP contribution >= 0.6 is 0 Å².